The molecular formula is C29H40N2O. The van der Waals surface area contributed by atoms with E-state index >= 15 is 0 Å². The van der Waals surface area contributed by atoms with Gasteiger partial charge in [-0.25, -0.2) is 0 Å². The lowest BCUT2D eigenvalue weighted by Crippen LogP contribution is -2.25. The molecular weight excluding hydrogens is 392 g/mol. The van der Waals surface area contributed by atoms with E-state index < -0.39 is 0 Å². The van der Waals surface area contributed by atoms with Crippen molar-refractivity contribution in [1.29, 1.82) is 0 Å². The van der Waals surface area contributed by atoms with Gasteiger partial charge in [0.2, 0.25) is 5.91 Å². The molecule has 32 heavy (non-hydrogen) atoms. The third-order valence-corrected chi connectivity index (χ3v) is 4.59. The number of aromatic nitrogens is 1. The van der Waals surface area contributed by atoms with Crippen molar-refractivity contribution in [2.75, 3.05) is 6.54 Å². The SMILES string of the molecule is CCC=CCC=CCC=CCC=CCC=CCC=CCCC(=O)NCCc1cccnc1. The zero-order valence-electron chi connectivity index (χ0n) is 19.7. The molecule has 0 spiro atoms. The fourth-order valence-electron chi connectivity index (χ4n) is 2.83. The first kappa shape index (κ1) is 27.1. The molecule has 1 heterocycles. The Morgan fingerprint density at radius 3 is 1.84 bits per heavy atom. The third kappa shape index (κ3) is 17.9. The second-order valence-corrected chi connectivity index (χ2v) is 7.42. The van der Waals surface area contributed by atoms with Crippen LogP contribution in [0.4, 0.5) is 0 Å². The Morgan fingerprint density at radius 1 is 0.812 bits per heavy atom. The molecule has 0 saturated carbocycles. The van der Waals surface area contributed by atoms with Crippen molar-refractivity contribution >= 4 is 5.91 Å². The third-order valence-electron chi connectivity index (χ3n) is 4.59. The monoisotopic (exact) mass is 432 g/mol. The number of nitrogens with one attached hydrogen (secondary N) is 1. The number of allylic oxidation sites excluding steroid dienone is 12. The standard InChI is InChI=1S/C29H40N2O/c1-2-3-4-5-6-7-8-9-10-11-12-13-14-15-16-17-18-19-20-23-29(32)31-26-24-28-22-21-25-30-27-28/h3-4,6-7,9-10,12-13,15-16,18-19,21-22,25,27H,2,5,8,11,14,17,20,23-24,26H2,1H3,(H,31,32). The van der Waals surface area contributed by atoms with Gasteiger partial charge in [-0.1, -0.05) is 85.9 Å². The first-order chi connectivity index (χ1) is 15.8. The maximum absolute atomic E-state index is 11.8. The zero-order valence-corrected chi connectivity index (χ0v) is 19.7. The molecule has 0 aliphatic rings. The normalized spacial score (nSPS) is 12.5. The summed E-state index contributed by atoms with van der Waals surface area (Å²) in [5.74, 6) is 0.105. The van der Waals surface area contributed by atoms with Gasteiger partial charge in [-0.15, -0.1) is 0 Å². The van der Waals surface area contributed by atoms with E-state index in [2.05, 4.69) is 90.1 Å². The summed E-state index contributed by atoms with van der Waals surface area (Å²) in [6.45, 7) is 2.82. The Bertz CT molecular complexity index is 755. The van der Waals surface area contributed by atoms with Crippen molar-refractivity contribution in [3.05, 3.63) is 103 Å². The fraction of sp³-hybridized carbons (Fsp3) is 0.379. The molecule has 3 nitrogen and oxygen atoms in total. The van der Waals surface area contributed by atoms with E-state index in [1.54, 1.807) is 6.20 Å². The lowest BCUT2D eigenvalue weighted by molar-refractivity contribution is -0.120. The molecule has 0 fully saturated rings. The van der Waals surface area contributed by atoms with E-state index in [0.29, 0.717) is 13.0 Å². The molecule has 0 aliphatic heterocycles. The highest BCUT2D eigenvalue weighted by atomic mass is 16.1. The molecule has 0 unspecified atom stereocenters. The molecule has 1 N–H and O–H groups in total. The molecule has 1 amide bonds. The van der Waals surface area contributed by atoms with Crippen LogP contribution >= 0.6 is 0 Å². The van der Waals surface area contributed by atoms with Crippen molar-refractivity contribution in [2.24, 2.45) is 0 Å². The van der Waals surface area contributed by atoms with Gasteiger partial charge in [0, 0.05) is 25.4 Å². The Hall–Kier alpha value is -2.94. The summed E-state index contributed by atoms with van der Waals surface area (Å²) in [5, 5.41) is 2.96. The zero-order chi connectivity index (χ0) is 23.0. The van der Waals surface area contributed by atoms with Gasteiger partial charge >= 0.3 is 0 Å². The quantitative estimate of drug-likeness (QED) is 0.264. The molecule has 172 valence electrons. The predicted octanol–water partition coefficient (Wildman–Crippen LogP) is 7.22. The summed E-state index contributed by atoms with van der Waals surface area (Å²) >= 11 is 0. The number of amides is 1. The highest BCUT2D eigenvalue weighted by Gasteiger charge is 1.99. The fourth-order valence-corrected chi connectivity index (χ4v) is 2.83. The molecule has 1 aromatic heterocycles. The van der Waals surface area contributed by atoms with Crippen molar-refractivity contribution < 1.29 is 4.79 Å². The number of hydrogen-bond acceptors (Lipinski definition) is 2. The van der Waals surface area contributed by atoms with Crippen LogP contribution in [0.5, 0.6) is 0 Å². The minimum atomic E-state index is 0.105. The Balaban J connectivity index is 1.95. The van der Waals surface area contributed by atoms with Crippen LogP contribution in [0, 0.1) is 0 Å². The number of hydrogen-bond donors (Lipinski definition) is 1. The van der Waals surface area contributed by atoms with Crippen LogP contribution in [-0.4, -0.2) is 17.4 Å². The van der Waals surface area contributed by atoms with E-state index in [-0.39, 0.29) is 5.91 Å². The summed E-state index contributed by atoms with van der Waals surface area (Å²) in [5.41, 5.74) is 1.14. The maximum atomic E-state index is 11.8. The molecule has 1 aromatic rings. The average Bonchev–Trinajstić information content (AvgIpc) is 2.81. The predicted molar refractivity (Wildman–Crippen MR) is 138 cm³/mol. The number of pyridine rings is 1. The number of rotatable bonds is 17. The lowest BCUT2D eigenvalue weighted by Gasteiger charge is -2.03. The minimum absolute atomic E-state index is 0.105. The Kier molecular flexibility index (Phi) is 18.0. The molecule has 1 rings (SSSR count). The van der Waals surface area contributed by atoms with E-state index in [0.717, 1.165) is 56.9 Å². The summed E-state index contributed by atoms with van der Waals surface area (Å²) < 4.78 is 0. The van der Waals surface area contributed by atoms with Crippen LogP contribution < -0.4 is 5.32 Å². The molecule has 0 aliphatic carbocycles. The summed E-state index contributed by atoms with van der Waals surface area (Å²) in [4.78, 5) is 15.9. The minimum Gasteiger partial charge on any atom is -0.356 e. The Labute approximate surface area is 195 Å². The summed E-state index contributed by atoms with van der Waals surface area (Å²) in [6.07, 6.45) is 38.0. The van der Waals surface area contributed by atoms with Gasteiger partial charge in [-0.05, 0) is 63.0 Å². The van der Waals surface area contributed by atoms with E-state index in [1.165, 1.54) is 0 Å². The van der Waals surface area contributed by atoms with Crippen LogP contribution in [0.1, 0.15) is 63.9 Å². The van der Waals surface area contributed by atoms with E-state index in [4.69, 9.17) is 0 Å². The molecule has 0 radical (unpaired) electrons. The highest BCUT2D eigenvalue weighted by molar-refractivity contribution is 5.75. The van der Waals surface area contributed by atoms with E-state index in [1.807, 2.05) is 18.3 Å². The summed E-state index contributed by atoms with van der Waals surface area (Å²) in [6, 6.07) is 3.94. The van der Waals surface area contributed by atoms with Crippen LogP contribution in [0.25, 0.3) is 0 Å². The number of nitrogens with zero attached hydrogens (tertiary/aromatic N) is 1. The molecule has 0 atom stereocenters. The molecule has 0 bridgehead atoms. The number of carbonyl (C=O) groups is 1. The van der Waals surface area contributed by atoms with Crippen LogP contribution in [-0.2, 0) is 11.2 Å². The second kappa shape index (κ2) is 21.3. The smallest absolute Gasteiger partial charge is 0.220 e. The van der Waals surface area contributed by atoms with Gasteiger partial charge < -0.3 is 5.32 Å². The lowest BCUT2D eigenvalue weighted by atomic mass is 10.2. The average molecular weight is 433 g/mol. The van der Waals surface area contributed by atoms with Crippen molar-refractivity contribution in [3.8, 4) is 0 Å². The van der Waals surface area contributed by atoms with Crippen LogP contribution in [0.2, 0.25) is 0 Å². The first-order valence-corrected chi connectivity index (χ1v) is 11.9. The van der Waals surface area contributed by atoms with Crippen molar-refractivity contribution in [3.63, 3.8) is 0 Å². The van der Waals surface area contributed by atoms with Gasteiger partial charge in [0.25, 0.3) is 0 Å². The largest absolute Gasteiger partial charge is 0.356 e. The Morgan fingerprint density at radius 2 is 1.34 bits per heavy atom. The number of carbonyl (C=O) groups excluding carboxylic acids is 1. The highest BCUT2D eigenvalue weighted by Crippen LogP contribution is 1.99. The van der Waals surface area contributed by atoms with Crippen molar-refractivity contribution in [1.82, 2.24) is 10.3 Å². The van der Waals surface area contributed by atoms with Gasteiger partial charge in [0.1, 0.15) is 0 Å². The molecule has 0 saturated heterocycles. The molecule has 0 aromatic carbocycles. The van der Waals surface area contributed by atoms with Crippen LogP contribution in [0.15, 0.2) is 97.4 Å². The van der Waals surface area contributed by atoms with Crippen LogP contribution in [0.3, 0.4) is 0 Å². The van der Waals surface area contributed by atoms with Gasteiger partial charge in [-0.2, -0.15) is 0 Å². The maximum Gasteiger partial charge on any atom is 0.220 e. The topological polar surface area (TPSA) is 42.0 Å². The van der Waals surface area contributed by atoms with Gasteiger partial charge in [0.05, 0.1) is 0 Å². The van der Waals surface area contributed by atoms with Crippen molar-refractivity contribution in [2.45, 2.75) is 64.7 Å². The molecule has 3 heteroatoms. The first-order valence-electron chi connectivity index (χ1n) is 11.9. The summed E-state index contributed by atoms with van der Waals surface area (Å²) in [7, 11) is 0. The second-order valence-electron chi connectivity index (χ2n) is 7.42. The van der Waals surface area contributed by atoms with Gasteiger partial charge in [0.15, 0.2) is 0 Å². The van der Waals surface area contributed by atoms with Gasteiger partial charge in [-0.3, -0.25) is 9.78 Å². The van der Waals surface area contributed by atoms with E-state index in [9.17, 15) is 4.79 Å².